The Kier molecular flexibility index (Phi) is 9.21. The van der Waals surface area contributed by atoms with Crippen LogP contribution in [-0.4, -0.2) is 60.2 Å². The Hall–Kier alpha value is -4.08. The number of ketones is 1. The smallest absolute Gasteiger partial charge is 0.254 e. The number of Topliss-reactive ketones (excluding diaryl/α,β-unsaturated/α-hetero) is 1. The van der Waals surface area contributed by atoms with Crippen LogP contribution in [0.1, 0.15) is 84.4 Å². The normalized spacial score (nSPS) is 12.7. The molecular weight excluding hydrogens is 500 g/mol. The number of carbonyl (C=O) groups is 3. The van der Waals surface area contributed by atoms with Crippen molar-refractivity contribution in [2.45, 2.75) is 58.9 Å². The summed E-state index contributed by atoms with van der Waals surface area (Å²) in [6.07, 6.45) is 1.31. The molecule has 3 rings (SSSR count). The molecule has 0 unspecified atom stereocenters. The lowest BCUT2D eigenvalue weighted by molar-refractivity contribution is -0.118. The Labute approximate surface area is 229 Å². The number of amides is 2. The molecule has 5 N–H and O–H groups in total. The number of hydrogen-bond donors (Lipinski definition) is 4. The van der Waals surface area contributed by atoms with Gasteiger partial charge in [-0.1, -0.05) is 27.7 Å². The van der Waals surface area contributed by atoms with E-state index in [2.05, 4.69) is 5.32 Å². The monoisotopic (exact) mass is 538 g/mol. The molecule has 1 aliphatic heterocycles. The molecule has 2 aromatic carbocycles. The maximum Gasteiger partial charge on any atom is 0.254 e. The number of primary amides is 1. The molecular formula is C29H38N4O6. The lowest BCUT2D eigenvalue weighted by Crippen LogP contribution is -2.30. The van der Waals surface area contributed by atoms with Crippen LogP contribution in [0.4, 0.5) is 0 Å². The fourth-order valence-electron chi connectivity index (χ4n) is 4.35. The van der Waals surface area contributed by atoms with Crippen molar-refractivity contribution in [1.82, 2.24) is 10.2 Å². The zero-order valence-corrected chi connectivity index (χ0v) is 23.3. The van der Waals surface area contributed by atoms with Crippen LogP contribution in [0.3, 0.4) is 0 Å². The van der Waals surface area contributed by atoms with Gasteiger partial charge in [-0.15, -0.1) is 0 Å². The summed E-state index contributed by atoms with van der Waals surface area (Å²) in [6, 6.07) is 6.55. The van der Waals surface area contributed by atoms with Gasteiger partial charge in [-0.25, -0.2) is 0 Å². The van der Waals surface area contributed by atoms with Crippen molar-refractivity contribution < 1.29 is 29.0 Å². The Balaban J connectivity index is 1.86. The number of carbonyl (C=O) groups excluding carboxylic acids is 3. The molecule has 0 radical (unpaired) electrons. The SMILES string of the molecule is CCCOc1cc2c(cc1C(=O)NC)C(=N)N(CC(=O)c1cc(OCCCC(N)=O)c(O)c(C(C)(C)C)c1)C2. The topological polar surface area (TPSA) is 155 Å². The number of benzene rings is 2. The lowest BCUT2D eigenvalue weighted by atomic mass is 9.84. The summed E-state index contributed by atoms with van der Waals surface area (Å²) >= 11 is 0. The first-order chi connectivity index (χ1) is 18.4. The molecule has 0 saturated heterocycles. The third-order valence-corrected chi connectivity index (χ3v) is 6.44. The Morgan fingerprint density at radius 3 is 2.41 bits per heavy atom. The fourth-order valence-corrected chi connectivity index (χ4v) is 4.35. The van der Waals surface area contributed by atoms with E-state index in [9.17, 15) is 19.5 Å². The van der Waals surface area contributed by atoms with Crippen LogP contribution in [0, 0.1) is 5.41 Å². The van der Waals surface area contributed by atoms with E-state index in [1.54, 1.807) is 23.1 Å². The van der Waals surface area contributed by atoms with E-state index >= 15 is 0 Å². The predicted octanol–water partition coefficient (Wildman–Crippen LogP) is 3.51. The number of ether oxygens (including phenoxy) is 2. The third kappa shape index (κ3) is 6.87. The molecule has 39 heavy (non-hydrogen) atoms. The average Bonchev–Trinajstić information content (AvgIpc) is 3.17. The Morgan fingerprint density at radius 1 is 1.10 bits per heavy atom. The van der Waals surface area contributed by atoms with E-state index in [0.29, 0.717) is 47.6 Å². The van der Waals surface area contributed by atoms with Crippen molar-refractivity contribution in [3.63, 3.8) is 0 Å². The second-order valence-corrected chi connectivity index (χ2v) is 10.6. The summed E-state index contributed by atoms with van der Waals surface area (Å²) in [4.78, 5) is 38.6. The lowest BCUT2D eigenvalue weighted by Gasteiger charge is -2.24. The van der Waals surface area contributed by atoms with Gasteiger partial charge in [-0.3, -0.25) is 19.8 Å². The molecule has 10 nitrogen and oxygen atoms in total. The molecule has 2 aromatic rings. The molecule has 1 heterocycles. The molecule has 0 bridgehead atoms. The van der Waals surface area contributed by atoms with Crippen LogP contribution in [0.5, 0.6) is 17.2 Å². The summed E-state index contributed by atoms with van der Waals surface area (Å²) in [5.74, 6) is -0.320. The van der Waals surface area contributed by atoms with Gasteiger partial charge in [-0.05, 0) is 48.1 Å². The second-order valence-electron chi connectivity index (χ2n) is 10.6. The molecule has 2 amide bonds. The first-order valence-corrected chi connectivity index (χ1v) is 13.0. The summed E-state index contributed by atoms with van der Waals surface area (Å²) in [7, 11) is 1.54. The quantitative estimate of drug-likeness (QED) is 0.238. The van der Waals surface area contributed by atoms with Crippen LogP contribution < -0.4 is 20.5 Å². The third-order valence-electron chi connectivity index (χ3n) is 6.44. The summed E-state index contributed by atoms with van der Waals surface area (Å²) in [5, 5.41) is 22.2. The highest BCUT2D eigenvalue weighted by atomic mass is 16.5. The zero-order chi connectivity index (χ0) is 28.9. The van der Waals surface area contributed by atoms with E-state index in [1.807, 2.05) is 27.7 Å². The largest absolute Gasteiger partial charge is 0.504 e. The molecule has 0 fully saturated rings. The number of phenolic OH excluding ortho intramolecular Hbond substituents is 1. The van der Waals surface area contributed by atoms with Gasteiger partial charge in [0.15, 0.2) is 17.3 Å². The standard InChI is InChI=1S/C29H38N4O6/c1-6-9-38-23-13-18-15-33(27(31)19(18)14-20(23)28(37)32-5)16-22(34)17-11-21(29(2,3)4)26(36)24(12-17)39-10-7-8-25(30)35/h11-14,31,36H,6-10,15-16H2,1-5H3,(H2,30,35)(H,32,37). The minimum Gasteiger partial charge on any atom is -0.504 e. The number of hydrogen-bond acceptors (Lipinski definition) is 7. The van der Waals surface area contributed by atoms with E-state index in [0.717, 1.165) is 12.0 Å². The van der Waals surface area contributed by atoms with Crippen molar-refractivity contribution in [2.24, 2.45) is 5.73 Å². The van der Waals surface area contributed by atoms with E-state index < -0.39 is 11.3 Å². The minimum absolute atomic E-state index is 0.0548. The molecule has 1 aliphatic rings. The van der Waals surface area contributed by atoms with Crippen LogP contribution in [0.2, 0.25) is 0 Å². The highest BCUT2D eigenvalue weighted by Gasteiger charge is 2.30. The van der Waals surface area contributed by atoms with Gasteiger partial charge in [0.2, 0.25) is 5.91 Å². The highest BCUT2D eigenvalue weighted by Crippen LogP contribution is 2.39. The molecule has 0 aromatic heterocycles. The number of fused-ring (bicyclic) bond motifs is 1. The van der Waals surface area contributed by atoms with Crippen molar-refractivity contribution in [1.29, 1.82) is 5.41 Å². The summed E-state index contributed by atoms with van der Waals surface area (Å²) < 4.78 is 11.5. The van der Waals surface area contributed by atoms with Crippen molar-refractivity contribution in [2.75, 3.05) is 26.8 Å². The molecule has 0 aliphatic carbocycles. The van der Waals surface area contributed by atoms with Gasteiger partial charge >= 0.3 is 0 Å². The molecule has 0 saturated carbocycles. The van der Waals surface area contributed by atoms with E-state index in [-0.39, 0.29) is 48.6 Å². The van der Waals surface area contributed by atoms with Gasteiger partial charge in [-0.2, -0.15) is 0 Å². The number of phenols is 1. The van der Waals surface area contributed by atoms with Gasteiger partial charge in [0.1, 0.15) is 11.6 Å². The molecule has 0 atom stereocenters. The van der Waals surface area contributed by atoms with Crippen molar-refractivity contribution >= 4 is 23.4 Å². The number of rotatable bonds is 12. The van der Waals surface area contributed by atoms with Crippen molar-refractivity contribution in [3.8, 4) is 17.2 Å². The summed E-state index contributed by atoms with van der Waals surface area (Å²) in [6.45, 7) is 8.57. The molecule has 10 heteroatoms. The maximum atomic E-state index is 13.5. The Morgan fingerprint density at radius 2 is 1.79 bits per heavy atom. The number of nitrogens with two attached hydrogens (primary N) is 1. The zero-order valence-electron chi connectivity index (χ0n) is 23.3. The maximum absolute atomic E-state index is 13.5. The number of nitrogens with zero attached hydrogens (tertiary/aromatic N) is 1. The number of aromatic hydroxyl groups is 1. The van der Waals surface area contributed by atoms with Crippen LogP contribution in [0.15, 0.2) is 24.3 Å². The van der Waals surface area contributed by atoms with Gasteiger partial charge < -0.3 is 30.5 Å². The summed E-state index contributed by atoms with van der Waals surface area (Å²) in [5.41, 5.74) is 7.31. The highest BCUT2D eigenvalue weighted by molar-refractivity contribution is 6.07. The first kappa shape index (κ1) is 29.5. The predicted molar refractivity (Wildman–Crippen MR) is 148 cm³/mol. The number of amidine groups is 1. The second kappa shape index (κ2) is 12.2. The van der Waals surface area contributed by atoms with Gasteiger partial charge in [0.25, 0.3) is 5.91 Å². The fraction of sp³-hybridized carbons (Fsp3) is 0.448. The van der Waals surface area contributed by atoms with Crippen molar-refractivity contribution in [3.05, 3.63) is 52.1 Å². The molecule has 0 spiro atoms. The molecule has 210 valence electrons. The first-order valence-electron chi connectivity index (χ1n) is 13.0. The van der Waals surface area contributed by atoms with E-state index in [4.69, 9.17) is 20.6 Å². The van der Waals surface area contributed by atoms with E-state index in [1.165, 1.54) is 13.1 Å². The van der Waals surface area contributed by atoms with Gasteiger partial charge in [0, 0.05) is 36.7 Å². The number of nitrogens with one attached hydrogen (secondary N) is 2. The van der Waals surface area contributed by atoms with Crippen LogP contribution in [0.25, 0.3) is 0 Å². The van der Waals surface area contributed by atoms with Crippen LogP contribution in [-0.2, 0) is 16.8 Å². The minimum atomic E-state index is -0.479. The average molecular weight is 539 g/mol. The van der Waals surface area contributed by atoms with Gasteiger partial charge in [0.05, 0.1) is 25.3 Å². The van der Waals surface area contributed by atoms with Crippen LogP contribution >= 0.6 is 0 Å². The Bertz CT molecular complexity index is 1280.